The molecule has 2 aromatic rings. The van der Waals surface area contributed by atoms with Crippen molar-refractivity contribution in [3.05, 3.63) is 59.2 Å². The maximum atomic E-state index is 12.4. The maximum absolute atomic E-state index is 12.4. The van der Waals surface area contributed by atoms with Crippen molar-refractivity contribution < 1.29 is 14.3 Å². The molecular weight excluding hydrogens is 278 g/mol. The second kappa shape index (κ2) is 6.10. The standard InChI is InChI=1S/C18H19NO3/c1-12-3-5-14(6-4-12)13(2)19-18(20)15-7-8-16-17(11-15)22-10-9-21-16/h3-8,11,13H,9-10H2,1-2H3,(H,19,20). The Balaban J connectivity index is 1.72. The Morgan fingerprint density at radius 1 is 1.05 bits per heavy atom. The van der Waals surface area contributed by atoms with E-state index in [4.69, 9.17) is 9.47 Å². The Hall–Kier alpha value is -2.49. The summed E-state index contributed by atoms with van der Waals surface area (Å²) < 4.78 is 11.0. The Morgan fingerprint density at radius 3 is 2.45 bits per heavy atom. The number of ether oxygens (including phenoxy) is 2. The lowest BCUT2D eigenvalue weighted by Gasteiger charge is -2.19. The van der Waals surface area contributed by atoms with Crippen molar-refractivity contribution in [3.8, 4) is 11.5 Å². The third-order valence-electron chi connectivity index (χ3n) is 3.73. The highest BCUT2D eigenvalue weighted by molar-refractivity contribution is 5.95. The van der Waals surface area contributed by atoms with Gasteiger partial charge < -0.3 is 14.8 Å². The van der Waals surface area contributed by atoms with Crippen LogP contribution in [0.2, 0.25) is 0 Å². The molecule has 0 aromatic heterocycles. The maximum Gasteiger partial charge on any atom is 0.251 e. The molecule has 2 aromatic carbocycles. The highest BCUT2D eigenvalue weighted by atomic mass is 16.6. The molecule has 0 saturated heterocycles. The average molecular weight is 297 g/mol. The number of benzene rings is 2. The van der Waals surface area contributed by atoms with Crippen molar-refractivity contribution in [1.29, 1.82) is 0 Å². The Labute approximate surface area is 130 Å². The van der Waals surface area contributed by atoms with Crippen LogP contribution in [-0.2, 0) is 0 Å². The number of hydrogen-bond donors (Lipinski definition) is 1. The predicted octanol–water partition coefficient (Wildman–Crippen LogP) is 3.26. The number of amides is 1. The van der Waals surface area contributed by atoms with E-state index in [0.29, 0.717) is 30.3 Å². The number of fused-ring (bicyclic) bond motifs is 1. The molecule has 0 bridgehead atoms. The van der Waals surface area contributed by atoms with Crippen LogP contribution in [0.3, 0.4) is 0 Å². The highest BCUT2D eigenvalue weighted by Crippen LogP contribution is 2.30. The van der Waals surface area contributed by atoms with Gasteiger partial charge in [0.2, 0.25) is 0 Å². The van der Waals surface area contributed by atoms with Crippen molar-refractivity contribution >= 4 is 5.91 Å². The second-order valence-corrected chi connectivity index (χ2v) is 5.46. The summed E-state index contributed by atoms with van der Waals surface area (Å²) in [6, 6.07) is 13.4. The van der Waals surface area contributed by atoms with Gasteiger partial charge in [-0.3, -0.25) is 4.79 Å². The number of hydrogen-bond acceptors (Lipinski definition) is 3. The minimum atomic E-state index is -0.120. The van der Waals surface area contributed by atoms with Crippen LogP contribution in [0.1, 0.15) is 34.5 Å². The van der Waals surface area contributed by atoms with Gasteiger partial charge in [-0.05, 0) is 37.6 Å². The van der Waals surface area contributed by atoms with E-state index in [-0.39, 0.29) is 11.9 Å². The van der Waals surface area contributed by atoms with Crippen molar-refractivity contribution in [1.82, 2.24) is 5.32 Å². The fourth-order valence-corrected chi connectivity index (χ4v) is 2.40. The van der Waals surface area contributed by atoms with E-state index >= 15 is 0 Å². The first-order valence-electron chi connectivity index (χ1n) is 7.40. The number of carbonyl (C=O) groups excluding carboxylic acids is 1. The first-order valence-corrected chi connectivity index (χ1v) is 7.40. The van der Waals surface area contributed by atoms with E-state index in [9.17, 15) is 4.79 Å². The lowest BCUT2D eigenvalue weighted by molar-refractivity contribution is 0.0938. The summed E-state index contributed by atoms with van der Waals surface area (Å²) in [4.78, 5) is 12.4. The molecule has 3 rings (SSSR count). The first-order chi connectivity index (χ1) is 10.6. The van der Waals surface area contributed by atoms with Gasteiger partial charge in [0, 0.05) is 5.56 Å². The van der Waals surface area contributed by atoms with Gasteiger partial charge in [-0.1, -0.05) is 29.8 Å². The molecule has 22 heavy (non-hydrogen) atoms. The van der Waals surface area contributed by atoms with Crippen molar-refractivity contribution in [3.63, 3.8) is 0 Å². The largest absolute Gasteiger partial charge is 0.486 e. The zero-order valence-corrected chi connectivity index (χ0v) is 12.8. The van der Waals surface area contributed by atoms with Crippen LogP contribution < -0.4 is 14.8 Å². The van der Waals surface area contributed by atoms with Crippen LogP contribution >= 0.6 is 0 Å². The number of carbonyl (C=O) groups is 1. The normalized spacial score (nSPS) is 14.3. The van der Waals surface area contributed by atoms with Crippen molar-refractivity contribution in [2.24, 2.45) is 0 Å². The smallest absolute Gasteiger partial charge is 0.251 e. The number of nitrogens with one attached hydrogen (secondary N) is 1. The summed E-state index contributed by atoms with van der Waals surface area (Å²) >= 11 is 0. The molecule has 1 atom stereocenters. The fraction of sp³-hybridized carbons (Fsp3) is 0.278. The van der Waals surface area contributed by atoms with Gasteiger partial charge in [0.1, 0.15) is 13.2 Å². The molecule has 1 unspecified atom stereocenters. The molecule has 0 aliphatic carbocycles. The molecule has 1 heterocycles. The highest BCUT2D eigenvalue weighted by Gasteiger charge is 2.16. The molecular formula is C18H19NO3. The predicted molar refractivity (Wildman–Crippen MR) is 84.5 cm³/mol. The summed E-state index contributed by atoms with van der Waals surface area (Å²) in [6.45, 7) is 5.07. The lowest BCUT2D eigenvalue weighted by atomic mass is 10.1. The second-order valence-electron chi connectivity index (χ2n) is 5.46. The van der Waals surface area contributed by atoms with Gasteiger partial charge in [-0.25, -0.2) is 0 Å². The van der Waals surface area contributed by atoms with Crippen LogP contribution in [-0.4, -0.2) is 19.1 Å². The summed E-state index contributed by atoms with van der Waals surface area (Å²) in [7, 11) is 0. The monoisotopic (exact) mass is 297 g/mol. The molecule has 0 fully saturated rings. The van der Waals surface area contributed by atoms with Crippen molar-refractivity contribution in [2.45, 2.75) is 19.9 Å². The molecule has 114 valence electrons. The molecule has 0 spiro atoms. The summed E-state index contributed by atoms with van der Waals surface area (Å²) in [5.41, 5.74) is 2.86. The third kappa shape index (κ3) is 3.06. The van der Waals surface area contributed by atoms with Gasteiger partial charge in [-0.2, -0.15) is 0 Å². The SMILES string of the molecule is Cc1ccc(C(C)NC(=O)c2ccc3c(c2)OCCO3)cc1. The summed E-state index contributed by atoms with van der Waals surface area (Å²) in [5, 5.41) is 3.00. The Kier molecular flexibility index (Phi) is 4.00. The number of rotatable bonds is 3. The minimum absolute atomic E-state index is 0.0544. The van der Waals surface area contributed by atoms with E-state index in [1.807, 2.05) is 38.1 Å². The topological polar surface area (TPSA) is 47.6 Å². The summed E-state index contributed by atoms with van der Waals surface area (Å²) in [6.07, 6.45) is 0. The third-order valence-corrected chi connectivity index (χ3v) is 3.73. The van der Waals surface area contributed by atoms with Gasteiger partial charge in [-0.15, -0.1) is 0 Å². The van der Waals surface area contributed by atoms with Crippen LogP contribution in [0.5, 0.6) is 11.5 Å². The van der Waals surface area contributed by atoms with E-state index in [2.05, 4.69) is 5.32 Å². The zero-order chi connectivity index (χ0) is 15.5. The van der Waals surface area contributed by atoms with Gasteiger partial charge >= 0.3 is 0 Å². The molecule has 1 aliphatic rings. The first kappa shape index (κ1) is 14.4. The van der Waals surface area contributed by atoms with Crippen LogP contribution in [0.25, 0.3) is 0 Å². The van der Waals surface area contributed by atoms with E-state index in [1.54, 1.807) is 18.2 Å². The average Bonchev–Trinajstić information content (AvgIpc) is 2.55. The molecule has 0 radical (unpaired) electrons. The van der Waals surface area contributed by atoms with E-state index < -0.39 is 0 Å². The van der Waals surface area contributed by atoms with E-state index in [0.717, 1.165) is 5.56 Å². The number of aryl methyl sites for hydroxylation is 1. The lowest BCUT2D eigenvalue weighted by Crippen LogP contribution is -2.27. The van der Waals surface area contributed by atoms with Crippen molar-refractivity contribution in [2.75, 3.05) is 13.2 Å². The minimum Gasteiger partial charge on any atom is -0.486 e. The zero-order valence-electron chi connectivity index (χ0n) is 12.8. The molecule has 1 N–H and O–H groups in total. The summed E-state index contributed by atoms with van der Waals surface area (Å²) in [5.74, 6) is 1.20. The van der Waals surface area contributed by atoms with Crippen LogP contribution in [0, 0.1) is 6.92 Å². The molecule has 4 heteroatoms. The molecule has 1 aliphatic heterocycles. The van der Waals surface area contributed by atoms with Gasteiger partial charge in [0.15, 0.2) is 11.5 Å². The Bertz CT molecular complexity index is 679. The Morgan fingerprint density at radius 2 is 1.73 bits per heavy atom. The van der Waals surface area contributed by atoms with E-state index in [1.165, 1.54) is 5.56 Å². The van der Waals surface area contributed by atoms with Gasteiger partial charge in [0.05, 0.1) is 6.04 Å². The molecule has 4 nitrogen and oxygen atoms in total. The van der Waals surface area contributed by atoms with Gasteiger partial charge in [0.25, 0.3) is 5.91 Å². The quantitative estimate of drug-likeness (QED) is 0.946. The van der Waals surface area contributed by atoms with Crippen LogP contribution in [0.4, 0.5) is 0 Å². The van der Waals surface area contributed by atoms with Crippen LogP contribution in [0.15, 0.2) is 42.5 Å². The molecule has 0 saturated carbocycles. The fourth-order valence-electron chi connectivity index (χ4n) is 2.40. The molecule has 1 amide bonds.